The molecule has 1 unspecified atom stereocenters. The molecule has 0 aliphatic heterocycles. The summed E-state index contributed by atoms with van der Waals surface area (Å²) < 4.78 is 13.5. The summed E-state index contributed by atoms with van der Waals surface area (Å²) in [5.74, 6) is -0.190. The van der Waals surface area contributed by atoms with Crippen molar-refractivity contribution in [2.75, 3.05) is 5.75 Å². The summed E-state index contributed by atoms with van der Waals surface area (Å²) in [4.78, 5) is 11.7. The van der Waals surface area contributed by atoms with Gasteiger partial charge in [-0.25, -0.2) is 4.39 Å². The van der Waals surface area contributed by atoms with Crippen molar-refractivity contribution in [1.82, 2.24) is 25.9 Å². The Kier molecular flexibility index (Phi) is 4.91. The highest BCUT2D eigenvalue weighted by Crippen LogP contribution is 2.23. The minimum Gasteiger partial charge on any atom is -0.342 e. The predicted octanol–water partition coefficient (Wildman–Crippen LogP) is 1.52. The van der Waals surface area contributed by atoms with Gasteiger partial charge in [-0.2, -0.15) is 17.8 Å². The van der Waals surface area contributed by atoms with Crippen molar-refractivity contribution in [3.8, 4) is 0 Å². The van der Waals surface area contributed by atoms with E-state index in [4.69, 9.17) is 11.6 Å². The van der Waals surface area contributed by atoms with E-state index in [1.807, 2.05) is 0 Å². The van der Waals surface area contributed by atoms with Gasteiger partial charge < -0.3 is 5.32 Å². The summed E-state index contributed by atoms with van der Waals surface area (Å²) in [7, 11) is 0. The van der Waals surface area contributed by atoms with E-state index in [9.17, 15) is 9.18 Å². The van der Waals surface area contributed by atoms with Crippen molar-refractivity contribution >= 4 is 30.1 Å². The summed E-state index contributed by atoms with van der Waals surface area (Å²) in [6.45, 7) is 0. The van der Waals surface area contributed by atoms with Crippen LogP contribution in [0.1, 0.15) is 23.9 Å². The van der Waals surface area contributed by atoms with E-state index >= 15 is 0 Å². The van der Waals surface area contributed by atoms with Gasteiger partial charge >= 0.3 is 0 Å². The molecule has 0 bridgehead atoms. The highest BCUT2D eigenvalue weighted by molar-refractivity contribution is 7.80. The maximum absolute atomic E-state index is 13.5. The average molecular weight is 316 g/mol. The highest BCUT2D eigenvalue weighted by Gasteiger charge is 2.21. The molecular weight excluding hydrogens is 305 g/mol. The van der Waals surface area contributed by atoms with Crippen LogP contribution >= 0.6 is 24.2 Å². The minimum atomic E-state index is -0.701. The van der Waals surface area contributed by atoms with Gasteiger partial charge in [0.2, 0.25) is 11.7 Å². The van der Waals surface area contributed by atoms with E-state index in [1.165, 1.54) is 12.1 Å². The lowest BCUT2D eigenvalue weighted by Crippen LogP contribution is -2.30. The van der Waals surface area contributed by atoms with E-state index in [0.717, 1.165) is 0 Å². The van der Waals surface area contributed by atoms with E-state index < -0.39 is 11.9 Å². The van der Waals surface area contributed by atoms with Crippen LogP contribution in [-0.2, 0) is 4.79 Å². The predicted molar refractivity (Wildman–Crippen MR) is 74.0 cm³/mol. The minimum absolute atomic E-state index is 0.00213. The van der Waals surface area contributed by atoms with Crippen LogP contribution in [0.3, 0.4) is 0 Å². The third-order valence-corrected chi connectivity index (χ3v) is 3.07. The van der Waals surface area contributed by atoms with Crippen LogP contribution in [0.5, 0.6) is 0 Å². The second kappa shape index (κ2) is 6.67. The lowest BCUT2D eigenvalue weighted by atomic mass is 10.1. The third-order valence-electron chi connectivity index (χ3n) is 2.54. The first-order valence-electron chi connectivity index (χ1n) is 5.70. The van der Waals surface area contributed by atoms with Gasteiger partial charge in [0, 0.05) is 6.42 Å². The van der Waals surface area contributed by atoms with Crippen molar-refractivity contribution in [2.24, 2.45) is 0 Å². The Bertz CT molecular complexity index is 595. The molecule has 0 spiro atoms. The topological polar surface area (TPSA) is 83.6 Å². The molecule has 9 heteroatoms. The summed E-state index contributed by atoms with van der Waals surface area (Å²) in [5.41, 5.74) is 0.473. The molecule has 2 aromatic rings. The molecule has 0 saturated heterocycles. The van der Waals surface area contributed by atoms with E-state index in [1.54, 1.807) is 6.07 Å². The van der Waals surface area contributed by atoms with Gasteiger partial charge in [0.05, 0.1) is 5.02 Å². The molecule has 0 fully saturated rings. The van der Waals surface area contributed by atoms with Crippen LogP contribution in [0, 0.1) is 5.82 Å². The summed E-state index contributed by atoms with van der Waals surface area (Å²) >= 11 is 9.63. The number of halogens is 2. The number of benzene rings is 1. The number of nitrogens with zero attached hydrogens (tertiary/aromatic N) is 3. The second-order valence-electron chi connectivity index (χ2n) is 3.92. The molecule has 1 amide bonds. The van der Waals surface area contributed by atoms with Crippen LogP contribution in [0.4, 0.5) is 4.39 Å². The van der Waals surface area contributed by atoms with Crippen molar-refractivity contribution in [3.05, 3.63) is 40.4 Å². The zero-order chi connectivity index (χ0) is 14.5. The molecule has 1 aromatic carbocycles. The lowest BCUT2D eigenvalue weighted by molar-refractivity contribution is -0.121. The Morgan fingerprint density at radius 2 is 2.35 bits per heavy atom. The van der Waals surface area contributed by atoms with Crippen molar-refractivity contribution in [3.63, 3.8) is 0 Å². The number of hydrogen-bond acceptors (Lipinski definition) is 5. The van der Waals surface area contributed by atoms with Gasteiger partial charge in [0.25, 0.3) is 0 Å². The SMILES string of the molecule is O=C(CCS)NC(c1ccc(Cl)c(F)c1)c1nn[nH]n1. The third kappa shape index (κ3) is 3.45. The van der Waals surface area contributed by atoms with Crippen LogP contribution in [-0.4, -0.2) is 32.3 Å². The van der Waals surface area contributed by atoms with Crippen molar-refractivity contribution in [1.29, 1.82) is 0 Å². The maximum Gasteiger partial charge on any atom is 0.221 e. The molecule has 0 radical (unpaired) electrons. The fourth-order valence-corrected chi connectivity index (χ4v) is 1.94. The Hall–Kier alpha value is -1.67. The Morgan fingerprint density at radius 3 is 2.95 bits per heavy atom. The molecule has 1 heterocycles. The molecule has 0 saturated carbocycles. The number of hydrogen-bond donors (Lipinski definition) is 3. The number of H-pyrrole nitrogens is 1. The number of carbonyl (C=O) groups is 1. The number of carbonyl (C=O) groups excluding carboxylic acids is 1. The van der Waals surface area contributed by atoms with E-state index in [-0.39, 0.29) is 23.2 Å². The quantitative estimate of drug-likeness (QED) is 0.730. The number of nitrogens with one attached hydrogen (secondary N) is 2. The molecule has 0 aliphatic rings. The molecule has 106 valence electrons. The monoisotopic (exact) mass is 315 g/mol. The fraction of sp³-hybridized carbons (Fsp3) is 0.273. The summed E-state index contributed by atoms with van der Waals surface area (Å²) in [6, 6.07) is 3.52. The normalized spacial score (nSPS) is 12.2. The number of rotatable bonds is 5. The standard InChI is InChI=1S/C11H11ClFN5OS/c12-7-2-1-6(5-8(7)13)10(11-15-17-18-16-11)14-9(19)3-4-20/h1-2,5,10,20H,3-4H2,(H,14,19)(H,15,16,17,18). The first-order chi connectivity index (χ1) is 9.61. The summed E-state index contributed by atoms with van der Waals surface area (Å²) in [5, 5.41) is 16.1. The number of amides is 1. The van der Waals surface area contributed by atoms with Crippen molar-refractivity contribution < 1.29 is 9.18 Å². The molecule has 0 aliphatic carbocycles. The first kappa shape index (κ1) is 14.7. The first-order valence-corrected chi connectivity index (χ1v) is 6.71. The molecular formula is C11H11ClFN5OS. The van der Waals surface area contributed by atoms with Crippen LogP contribution in [0.2, 0.25) is 5.02 Å². The van der Waals surface area contributed by atoms with Crippen molar-refractivity contribution in [2.45, 2.75) is 12.5 Å². The van der Waals surface area contributed by atoms with Gasteiger partial charge in [-0.05, 0) is 23.4 Å². The van der Waals surface area contributed by atoms with Crippen LogP contribution in [0.15, 0.2) is 18.2 Å². The maximum atomic E-state index is 13.5. The highest BCUT2D eigenvalue weighted by atomic mass is 35.5. The van der Waals surface area contributed by atoms with Gasteiger partial charge in [-0.15, -0.1) is 10.2 Å². The average Bonchev–Trinajstić information content (AvgIpc) is 2.93. The number of thiol groups is 1. The number of aromatic nitrogens is 4. The van der Waals surface area contributed by atoms with Gasteiger partial charge in [0.15, 0.2) is 0 Å². The smallest absolute Gasteiger partial charge is 0.221 e. The van der Waals surface area contributed by atoms with E-state index in [2.05, 4.69) is 38.6 Å². The van der Waals surface area contributed by atoms with E-state index in [0.29, 0.717) is 11.3 Å². The molecule has 1 atom stereocenters. The van der Waals surface area contributed by atoms with Gasteiger partial charge in [0.1, 0.15) is 11.9 Å². The molecule has 20 heavy (non-hydrogen) atoms. The Balaban J connectivity index is 2.31. The molecule has 1 aromatic heterocycles. The Labute approximate surface area is 124 Å². The second-order valence-corrected chi connectivity index (χ2v) is 4.77. The number of tetrazole rings is 1. The fourth-order valence-electron chi connectivity index (χ4n) is 1.62. The Morgan fingerprint density at radius 1 is 1.55 bits per heavy atom. The molecule has 6 nitrogen and oxygen atoms in total. The van der Waals surface area contributed by atoms with Crippen LogP contribution in [0.25, 0.3) is 0 Å². The molecule has 2 N–H and O–H groups in total. The van der Waals surface area contributed by atoms with Gasteiger partial charge in [-0.3, -0.25) is 4.79 Å². The van der Waals surface area contributed by atoms with Crippen LogP contribution < -0.4 is 5.32 Å². The largest absolute Gasteiger partial charge is 0.342 e. The van der Waals surface area contributed by atoms with Gasteiger partial charge in [-0.1, -0.05) is 22.9 Å². The zero-order valence-corrected chi connectivity index (χ0v) is 11.8. The zero-order valence-electron chi connectivity index (χ0n) is 10.2. The summed E-state index contributed by atoms with van der Waals surface area (Å²) in [6.07, 6.45) is 0.230. The lowest BCUT2D eigenvalue weighted by Gasteiger charge is -2.16. The number of aromatic amines is 1. The molecule has 2 rings (SSSR count).